The number of hydrogen-bond donors (Lipinski definition) is 2. The first-order valence-corrected chi connectivity index (χ1v) is 8.16. The number of amides is 2. The van der Waals surface area contributed by atoms with Gasteiger partial charge < -0.3 is 25.3 Å². The Kier molecular flexibility index (Phi) is 5.53. The summed E-state index contributed by atoms with van der Waals surface area (Å²) in [5.74, 6) is 0.123. The monoisotopic (exact) mass is 364 g/mol. The number of thiophene rings is 1. The van der Waals surface area contributed by atoms with E-state index in [1.807, 2.05) is 6.92 Å². The largest absolute Gasteiger partial charge is 0.496 e. The van der Waals surface area contributed by atoms with Gasteiger partial charge in [-0.05, 0) is 19.4 Å². The van der Waals surface area contributed by atoms with E-state index in [1.165, 1.54) is 38.7 Å². The summed E-state index contributed by atoms with van der Waals surface area (Å²) in [6, 6.07) is 3.08. The molecule has 0 radical (unpaired) electrons. The average Bonchev–Trinajstić information content (AvgIpc) is 2.87. The van der Waals surface area contributed by atoms with Gasteiger partial charge in [-0.15, -0.1) is 11.3 Å². The molecular formula is C17H20N2O5S. The average molecular weight is 364 g/mol. The molecular weight excluding hydrogens is 344 g/mol. The molecule has 0 fully saturated rings. The zero-order valence-corrected chi connectivity index (χ0v) is 15.5. The second-order valence-electron chi connectivity index (χ2n) is 5.21. The fraction of sp³-hybridized carbons (Fsp3) is 0.294. The van der Waals surface area contributed by atoms with Crippen molar-refractivity contribution in [3.05, 3.63) is 33.7 Å². The highest BCUT2D eigenvalue weighted by Gasteiger charge is 2.22. The molecule has 0 unspecified atom stereocenters. The fourth-order valence-corrected chi connectivity index (χ4v) is 3.45. The molecule has 0 aliphatic rings. The van der Waals surface area contributed by atoms with Gasteiger partial charge in [-0.3, -0.25) is 9.59 Å². The van der Waals surface area contributed by atoms with Crippen molar-refractivity contribution >= 4 is 28.2 Å². The molecule has 0 saturated heterocycles. The van der Waals surface area contributed by atoms with Crippen LogP contribution in [0.1, 0.15) is 31.2 Å². The smallest absolute Gasteiger partial charge is 0.260 e. The van der Waals surface area contributed by atoms with Gasteiger partial charge in [-0.2, -0.15) is 0 Å². The highest BCUT2D eigenvalue weighted by Crippen LogP contribution is 2.36. The fourth-order valence-electron chi connectivity index (χ4n) is 2.39. The van der Waals surface area contributed by atoms with Crippen LogP contribution in [0.2, 0.25) is 0 Å². The normalized spacial score (nSPS) is 10.3. The number of carbonyl (C=O) groups is 2. The number of benzene rings is 1. The third-order valence-electron chi connectivity index (χ3n) is 3.81. The zero-order chi connectivity index (χ0) is 18.7. The van der Waals surface area contributed by atoms with Gasteiger partial charge in [0.25, 0.3) is 11.8 Å². The van der Waals surface area contributed by atoms with E-state index in [9.17, 15) is 9.59 Å². The molecule has 0 aliphatic carbocycles. The van der Waals surface area contributed by atoms with Gasteiger partial charge in [0, 0.05) is 17.0 Å². The van der Waals surface area contributed by atoms with Crippen LogP contribution in [0.15, 0.2) is 12.1 Å². The Hall–Kier alpha value is -2.74. The number of rotatable bonds is 6. The molecule has 1 aromatic heterocycles. The molecule has 134 valence electrons. The molecule has 1 heterocycles. The van der Waals surface area contributed by atoms with Crippen LogP contribution >= 0.6 is 11.3 Å². The molecule has 3 N–H and O–H groups in total. The molecule has 0 aliphatic heterocycles. The van der Waals surface area contributed by atoms with E-state index in [2.05, 4.69) is 5.32 Å². The Labute approximate surface area is 149 Å². The van der Waals surface area contributed by atoms with Crippen LogP contribution in [0.25, 0.3) is 0 Å². The standard InChI is InChI=1S/C17H20N2O5S/c1-8-9(2)25-17(14(8)15(18)20)19-16(21)10-6-12(23-4)13(24-5)7-11(10)22-3/h6-7H,1-5H3,(H2,18,20)(H,19,21). The summed E-state index contributed by atoms with van der Waals surface area (Å²) in [5, 5.41) is 3.14. The van der Waals surface area contributed by atoms with Crippen LogP contribution in [-0.2, 0) is 0 Å². The van der Waals surface area contributed by atoms with Gasteiger partial charge in [-0.25, -0.2) is 0 Å². The van der Waals surface area contributed by atoms with Crippen LogP contribution in [0.4, 0.5) is 5.00 Å². The Morgan fingerprint density at radius 1 is 1.00 bits per heavy atom. The summed E-state index contributed by atoms with van der Waals surface area (Å²) in [6.45, 7) is 3.65. The number of primary amides is 1. The number of methoxy groups -OCH3 is 3. The maximum atomic E-state index is 12.7. The molecule has 0 atom stereocenters. The number of anilines is 1. The van der Waals surface area contributed by atoms with Crippen LogP contribution in [0.5, 0.6) is 17.2 Å². The number of carbonyl (C=O) groups excluding carboxylic acids is 2. The van der Waals surface area contributed by atoms with E-state index in [4.69, 9.17) is 19.9 Å². The zero-order valence-electron chi connectivity index (χ0n) is 14.7. The first kappa shape index (κ1) is 18.6. The van der Waals surface area contributed by atoms with Gasteiger partial charge in [0.05, 0.1) is 32.5 Å². The van der Waals surface area contributed by atoms with E-state index in [1.54, 1.807) is 13.0 Å². The number of hydrogen-bond acceptors (Lipinski definition) is 6. The van der Waals surface area contributed by atoms with Gasteiger partial charge in [-0.1, -0.05) is 0 Å². The van der Waals surface area contributed by atoms with Crippen molar-refractivity contribution in [1.82, 2.24) is 0 Å². The van der Waals surface area contributed by atoms with Crippen LogP contribution in [0, 0.1) is 13.8 Å². The molecule has 2 rings (SSSR count). The van der Waals surface area contributed by atoms with Crippen molar-refractivity contribution in [3.63, 3.8) is 0 Å². The number of nitrogens with one attached hydrogen (secondary N) is 1. The lowest BCUT2D eigenvalue weighted by molar-refractivity contribution is 0.100. The SMILES string of the molecule is COc1cc(OC)c(C(=O)Nc2sc(C)c(C)c2C(N)=O)cc1OC. The van der Waals surface area contributed by atoms with Gasteiger partial charge in [0.15, 0.2) is 11.5 Å². The predicted molar refractivity (Wildman–Crippen MR) is 96.4 cm³/mol. The minimum absolute atomic E-state index is 0.249. The lowest BCUT2D eigenvalue weighted by Crippen LogP contribution is -2.18. The van der Waals surface area contributed by atoms with Crippen molar-refractivity contribution in [1.29, 1.82) is 0 Å². The van der Waals surface area contributed by atoms with Crippen LogP contribution in [-0.4, -0.2) is 33.1 Å². The van der Waals surface area contributed by atoms with E-state index in [0.29, 0.717) is 27.8 Å². The molecule has 2 aromatic rings. The molecule has 2 amide bonds. The van der Waals surface area contributed by atoms with Crippen LogP contribution < -0.4 is 25.3 Å². The van der Waals surface area contributed by atoms with Gasteiger partial charge in [0.2, 0.25) is 0 Å². The summed E-state index contributed by atoms with van der Waals surface area (Å²) >= 11 is 1.29. The van der Waals surface area contributed by atoms with Crippen molar-refractivity contribution in [2.75, 3.05) is 26.6 Å². The third kappa shape index (κ3) is 3.53. The number of ether oxygens (including phenoxy) is 3. The summed E-state index contributed by atoms with van der Waals surface area (Å²) in [5.41, 5.74) is 6.76. The second kappa shape index (κ2) is 7.43. The van der Waals surface area contributed by atoms with E-state index >= 15 is 0 Å². The Balaban J connectivity index is 2.45. The minimum Gasteiger partial charge on any atom is -0.496 e. The van der Waals surface area contributed by atoms with Crippen LogP contribution in [0.3, 0.4) is 0 Å². The minimum atomic E-state index is -0.587. The highest BCUT2D eigenvalue weighted by molar-refractivity contribution is 7.16. The molecule has 0 spiro atoms. The first-order valence-electron chi connectivity index (χ1n) is 7.35. The van der Waals surface area contributed by atoms with E-state index in [0.717, 1.165) is 10.4 Å². The molecule has 8 heteroatoms. The molecule has 0 saturated carbocycles. The van der Waals surface area contributed by atoms with Crippen molar-refractivity contribution in [2.45, 2.75) is 13.8 Å². The first-order chi connectivity index (χ1) is 11.8. The Bertz CT molecular complexity index is 829. The van der Waals surface area contributed by atoms with Crippen molar-refractivity contribution in [3.8, 4) is 17.2 Å². The summed E-state index contributed by atoms with van der Waals surface area (Å²) in [7, 11) is 4.42. The summed E-state index contributed by atoms with van der Waals surface area (Å²) in [6.07, 6.45) is 0. The molecule has 0 bridgehead atoms. The maximum absolute atomic E-state index is 12.7. The summed E-state index contributed by atoms with van der Waals surface area (Å²) in [4.78, 5) is 25.3. The Morgan fingerprint density at radius 3 is 2.08 bits per heavy atom. The topological polar surface area (TPSA) is 99.9 Å². The lowest BCUT2D eigenvalue weighted by Gasteiger charge is -2.14. The van der Waals surface area contributed by atoms with E-state index < -0.39 is 11.8 Å². The molecule has 1 aromatic carbocycles. The predicted octanol–water partition coefficient (Wildman–Crippen LogP) is 2.74. The maximum Gasteiger partial charge on any atom is 0.260 e. The molecule has 7 nitrogen and oxygen atoms in total. The number of aryl methyl sites for hydroxylation is 1. The highest BCUT2D eigenvalue weighted by atomic mass is 32.1. The Morgan fingerprint density at radius 2 is 1.56 bits per heavy atom. The van der Waals surface area contributed by atoms with Gasteiger partial charge >= 0.3 is 0 Å². The molecule has 25 heavy (non-hydrogen) atoms. The second-order valence-corrected chi connectivity index (χ2v) is 6.44. The summed E-state index contributed by atoms with van der Waals surface area (Å²) < 4.78 is 15.7. The lowest BCUT2D eigenvalue weighted by atomic mass is 10.1. The third-order valence-corrected chi connectivity index (χ3v) is 4.93. The quantitative estimate of drug-likeness (QED) is 0.821. The van der Waals surface area contributed by atoms with E-state index in [-0.39, 0.29) is 5.56 Å². The van der Waals surface area contributed by atoms with Crippen molar-refractivity contribution < 1.29 is 23.8 Å². The number of nitrogens with two attached hydrogens (primary N) is 1. The van der Waals surface area contributed by atoms with Crippen molar-refractivity contribution in [2.24, 2.45) is 5.73 Å². The van der Waals surface area contributed by atoms with Gasteiger partial charge in [0.1, 0.15) is 10.8 Å².